The van der Waals surface area contributed by atoms with E-state index in [1.165, 1.54) is 0 Å². The zero-order valence-corrected chi connectivity index (χ0v) is 13.1. The van der Waals surface area contributed by atoms with Gasteiger partial charge in [0.15, 0.2) is 10.4 Å². The molecular formula is C13H9BrClN3S. The number of imidazole rings is 1. The summed E-state index contributed by atoms with van der Waals surface area (Å²) >= 11 is 15.1. The van der Waals surface area contributed by atoms with Crippen molar-refractivity contribution in [2.75, 3.05) is 0 Å². The number of aromatic nitrogens is 3. The molecule has 0 bridgehead atoms. The molecule has 0 saturated heterocycles. The Hall–Kier alpha value is -1.17. The van der Waals surface area contributed by atoms with Crippen LogP contribution in [0.25, 0.3) is 16.9 Å². The van der Waals surface area contributed by atoms with E-state index in [1.54, 1.807) is 6.20 Å². The number of benzene rings is 1. The van der Waals surface area contributed by atoms with Gasteiger partial charge >= 0.3 is 0 Å². The van der Waals surface area contributed by atoms with Crippen LogP contribution in [-0.4, -0.2) is 14.5 Å². The van der Waals surface area contributed by atoms with Gasteiger partial charge in [-0.25, -0.2) is 4.98 Å². The Morgan fingerprint density at radius 2 is 2.16 bits per heavy atom. The Morgan fingerprint density at radius 3 is 2.89 bits per heavy atom. The molecule has 0 aliphatic heterocycles. The van der Waals surface area contributed by atoms with E-state index in [4.69, 9.17) is 23.8 Å². The quantitative estimate of drug-likeness (QED) is 0.636. The maximum Gasteiger partial charge on any atom is 0.184 e. The lowest BCUT2D eigenvalue weighted by atomic mass is 10.2. The van der Waals surface area contributed by atoms with Crippen molar-refractivity contribution < 1.29 is 0 Å². The van der Waals surface area contributed by atoms with Crippen LogP contribution in [0.2, 0.25) is 5.02 Å². The molecule has 3 aromatic rings. The fraction of sp³-hybridized carbons (Fsp3) is 0.0769. The number of H-pyrrole nitrogens is 1. The van der Waals surface area contributed by atoms with Crippen molar-refractivity contribution in [1.29, 1.82) is 0 Å². The van der Waals surface area contributed by atoms with Gasteiger partial charge < -0.3 is 4.98 Å². The van der Waals surface area contributed by atoms with Gasteiger partial charge in [-0.05, 0) is 49.0 Å². The molecule has 0 atom stereocenters. The van der Waals surface area contributed by atoms with Crippen molar-refractivity contribution >= 4 is 50.9 Å². The molecule has 19 heavy (non-hydrogen) atoms. The highest BCUT2D eigenvalue weighted by Crippen LogP contribution is 2.28. The Bertz CT molecular complexity index is 838. The summed E-state index contributed by atoms with van der Waals surface area (Å²) in [6.07, 6.45) is 1.77. The summed E-state index contributed by atoms with van der Waals surface area (Å²) in [7, 11) is 0. The van der Waals surface area contributed by atoms with Crippen molar-refractivity contribution in [3.05, 3.63) is 50.3 Å². The molecule has 96 valence electrons. The van der Waals surface area contributed by atoms with Crippen LogP contribution in [0, 0.1) is 11.7 Å². The van der Waals surface area contributed by atoms with E-state index in [1.807, 2.05) is 35.8 Å². The van der Waals surface area contributed by atoms with E-state index in [-0.39, 0.29) is 0 Å². The molecule has 0 radical (unpaired) electrons. The summed E-state index contributed by atoms with van der Waals surface area (Å²) in [6, 6.07) is 7.63. The number of hydrogen-bond donors (Lipinski definition) is 1. The number of hydrogen-bond acceptors (Lipinski definition) is 2. The number of nitrogens with zero attached hydrogens (tertiary/aromatic N) is 2. The van der Waals surface area contributed by atoms with E-state index in [2.05, 4.69) is 25.9 Å². The third-order valence-corrected chi connectivity index (χ3v) is 4.02. The van der Waals surface area contributed by atoms with E-state index in [0.717, 1.165) is 26.9 Å². The highest BCUT2D eigenvalue weighted by atomic mass is 79.9. The lowest BCUT2D eigenvalue weighted by Crippen LogP contribution is -1.96. The van der Waals surface area contributed by atoms with Crippen molar-refractivity contribution in [2.45, 2.75) is 6.92 Å². The van der Waals surface area contributed by atoms with Crippen LogP contribution in [-0.2, 0) is 0 Å². The van der Waals surface area contributed by atoms with Crippen LogP contribution in [0.4, 0.5) is 0 Å². The predicted octanol–water partition coefficient (Wildman–Crippen LogP) is 4.81. The lowest BCUT2D eigenvalue weighted by molar-refractivity contribution is 1.04. The van der Waals surface area contributed by atoms with Gasteiger partial charge in [-0.2, -0.15) is 0 Å². The third-order valence-electron chi connectivity index (χ3n) is 2.94. The first-order chi connectivity index (χ1) is 9.08. The monoisotopic (exact) mass is 353 g/mol. The Balaban J connectivity index is 2.40. The van der Waals surface area contributed by atoms with Crippen molar-refractivity contribution in [1.82, 2.24) is 14.5 Å². The second kappa shape index (κ2) is 4.74. The number of halogens is 2. The third kappa shape index (κ3) is 2.12. The zero-order valence-electron chi connectivity index (χ0n) is 9.95. The van der Waals surface area contributed by atoms with Gasteiger partial charge in [0, 0.05) is 10.7 Å². The van der Waals surface area contributed by atoms with Crippen LogP contribution in [0.15, 0.2) is 34.9 Å². The zero-order chi connectivity index (χ0) is 13.6. The molecule has 3 rings (SSSR count). The first-order valence-electron chi connectivity index (χ1n) is 5.59. The molecule has 0 spiro atoms. The van der Waals surface area contributed by atoms with E-state index >= 15 is 0 Å². The second-order valence-corrected chi connectivity index (χ2v) is 5.90. The molecule has 3 nitrogen and oxygen atoms in total. The molecular weight excluding hydrogens is 346 g/mol. The van der Waals surface area contributed by atoms with Gasteiger partial charge in [-0.3, -0.25) is 4.57 Å². The van der Waals surface area contributed by atoms with Crippen molar-refractivity contribution in [3.8, 4) is 5.69 Å². The van der Waals surface area contributed by atoms with Crippen LogP contribution >= 0.6 is 39.7 Å². The highest BCUT2D eigenvalue weighted by molar-refractivity contribution is 9.10. The maximum atomic E-state index is 6.29. The molecule has 0 saturated carbocycles. The first kappa shape index (κ1) is 12.8. The molecule has 6 heteroatoms. The fourth-order valence-corrected chi connectivity index (χ4v) is 3.06. The molecule has 0 unspecified atom stereocenters. The molecule has 1 aromatic carbocycles. The molecule has 1 N–H and O–H groups in total. The van der Waals surface area contributed by atoms with Gasteiger partial charge in [-0.15, -0.1) is 0 Å². The number of aryl methyl sites for hydroxylation is 1. The van der Waals surface area contributed by atoms with E-state index < -0.39 is 0 Å². The van der Waals surface area contributed by atoms with Gasteiger partial charge in [0.1, 0.15) is 0 Å². The topological polar surface area (TPSA) is 33.6 Å². The molecule has 0 aliphatic rings. The average Bonchev–Trinajstić information content (AvgIpc) is 2.68. The Kier molecular flexibility index (Phi) is 3.20. The number of pyridine rings is 1. The maximum absolute atomic E-state index is 6.29. The van der Waals surface area contributed by atoms with Crippen LogP contribution in [0.3, 0.4) is 0 Å². The van der Waals surface area contributed by atoms with Crippen LogP contribution in [0.5, 0.6) is 0 Å². The summed E-state index contributed by atoms with van der Waals surface area (Å²) in [5, 5.41) is 0.620. The number of fused-ring (bicyclic) bond motifs is 1. The van der Waals surface area contributed by atoms with Crippen LogP contribution < -0.4 is 0 Å². The molecule has 2 heterocycles. The van der Waals surface area contributed by atoms with E-state index in [9.17, 15) is 0 Å². The minimum atomic E-state index is 0.584. The summed E-state index contributed by atoms with van der Waals surface area (Å²) in [5.41, 5.74) is 3.64. The minimum Gasteiger partial charge on any atom is -0.329 e. The largest absolute Gasteiger partial charge is 0.329 e. The fourth-order valence-electron chi connectivity index (χ4n) is 2.01. The van der Waals surface area contributed by atoms with E-state index in [0.29, 0.717) is 9.79 Å². The molecule has 0 amide bonds. The number of rotatable bonds is 1. The summed E-state index contributed by atoms with van der Waals surface area (Å²) in [6.45, 7) is 2.02. The molecule has 0 aliphatic carbocycles. The Morgan fingerprint density at radius 1 is 1.37 bits per heavy atom. The minimum absolute atomic E-state index is 0.584. The molecule has 2 aromatic heterocycles. The van der Waals surface area contributed by atoms with Crippen LogP contribution in [0.1, 0.15) is 5.56 Å². The molecule has 0 fully saturated rings. The summed E-state index contributed by atoms with van der Waals surface area (Å²) in [5.74, 6) is 0. The number of nitrogens with one attached hydrogen (secondary N) is 1. The van der Waals surface area contributed by atoms with Gasteiger partial charge in [0.2, 0.25) is 0 Å². The lowest BCUT2D eigenvalue weighted by Gasteiger charge is -2.07. The highest BCUT2D eigenvalue weighted by Gasteiger charge is 2.12. The summed E-state index contributed by atoms with van der Waals surface area (Å²) in [4.78, 5) is 7.58. The van der Waals surface area contributed by atoms with Gasteiger partial charge in [0.05, 0.1) is 16.2 Å². The smallest absolute Gasteiger partial charge is 0.184 e. The normalized spacial score (nSPS) is 11.1. The summed E-state index contributed by atoms with van der Waals surface area (Å²) < 4.78 is 3.37. The standard InChI is InChI=1S/C13H9BrClN3S/c1-7-4-5-16-12-11(7)17-13(19)18(12)10-3-2-8(14)6-9(10)15/h2-6H,1H3,(H,17,19). The number of aromatic amines is 1. The van der Waals surface area contributed by atoms with Crippen molar-refractivity contribution in [2.24, 2.45) is 0 Å². The first-order valence-corrected chi connectivity index (χ1v) is 7.17. The SMILES string of the molecule is Cc1ccnc2c1[nH]c(=S)n2-c1ccc(Br)cc1Cl. The second-order valence-electron chi connectivity index (χ2n) is 4.19. The Labute approximate surface area is 128 Å². The van der Waals surface area contributed by atoms with Gasteiger partial charge in [-0.1, -0.05) is 27.5 Å². The van der Waals surface area contributed by atoms with Crippen molar-refractivity contribution in [3.63, 3.8) is 0 Å². The predicted molar refractivity (Wildman–Crippen MR) is 83.7 cm³/mol. The average molecular weight is 355 g/mol. The van der Waals surface area contributed by atoms with Gasteiger partial charge in [0.25, 0.3) is 0 Å².